The smallest absolute Gasteiger partial charge is 0.292 e. The van der Waals surface area contributed by atoms with Crippen LogP contribution in [0.15, 0.2) is 24.5 Å². The summed E-state index contributed by atoms with van der Waals surface area (Å²) in [5, 5.41) is 18.9. The molecular weight excluding hydrogens is 212 g/mol. The molecule has 1 aliphatic rings. The van der Waals surface area contributed by atoms with Gasteiger partial charge in [-0.1, -0.05) is 0 Å². The second-order valence-electron chi connectivity index (χ2n) is 3.55. The van der Waals surface area contributed by atoms with Crippen LogP contribution in [0.2, 0.25) is 0 Å². The van der Waals surface area contributed by atoms with E-state index < -0.39 is 24.3 Å². The molecule has 0 aromatic carbocycles. The van der Waals surface area contributed by atoms with E-state index in [2.05, 4.69) is 0 Å². The molecule has 1 saturated heterocycles. The van der Waals surface area contributed by atoms with E-state index in [0.29, 0.717) is 5.56 Å². The van der Waals surface area contributed by atoms with Crippen LogP contribution in [0.3, 0.4) is 0 Å². The van der Waals surface area contributed by atoms with Crippen molar-refractivity contribution >= 4 is 5.91 Å². The van der Waals surface area contributed by atoms with E-state index >= 15 is 0 Å². The van der Waals surface area contributed by atoms with Crippen molar-refractivity contribution in [2.24, 2.45) is 5.73 Å². The number of amides is 1. The van der Waals surface area contributed by atoms with Crippen LogP contribution in [0.4, 0.5) is 0 Å². The fraction of sp³-hybridized carbons (Fsp3) is 0.300. The first-order valence-corrected chi connectivity index (χ1v) is 4.75. The minimum absolute atomic E-state index is 0.305. The van der Waals surface area contributed by atoms with Crippen molar-refractivity contribution in [1.82, 2.24) is 0 Å². The van der Waals surface area contributed by atoms with Gasteiger partial charge in [-0.3, -0.25) is 4.79 Å². The lowest BCUT2D eigenvalue weighted by Gasteiger charge is -2.09. The summed E-state index contributed by atoms with van der Waals surface area (Å²) in [6.45, 7) is 1.15. The summed E-state index contributed by atoms with van der Waals surface area (Å²) >= 11 is 0. The molecule has 6 nitrogen and oxygen atoms in total. The maximum atomic E-state index is 11.0. The molecule has 3 atom stereocenters. The number of carbonyl (C=O) groups is 1. The highest BCUT2D eigenvalue weighted by Gasteiger charge is 2.41. The third-order valence-corrected chi connectivity index (χ3v) is 2.40. The number of carbonyl (C=O) groups excluding carboxylic acids is 1. The van der Waals surface area contributed by atoms with E-state index in [0.717, 1.165) is 6.61 Å². The van der Waals surface area contributed by atoms with Gasteiger partial charge in [0.15, 0.2) is 18.5 Å². The monoisotopic (exact) mass is 224 g/mol. The number of rotatable bonds is 2. The zero-order chi connectivity index (χ0) is 11.7. The summed E-state index contributed by atoms with van der Waals surface area (Å²) in [7, 11) is 0. The molecule has 1 fully saturated rings. The molecular formula is C10H12N2O4+. The van der Waals surface area contributed by atoms with Crippen LogP contribution in [-0.2, 0) is 4.74 Å². The molecule has 2 heterocycles. The molecule has 4 N–H and O–H groups in total. The van der Waals surface area contributed by atoms with Gasteiger partial charge in [0.25, 0.3) is 12.1 Å². The second kappa shape index (κ2) is 4.17. The Balaban J connectivity index is 2.27. The molecule has 1 radical (unpaired) electrons. The molecule has 0 spiro atoms. The minimum atomic E-state index is -1.06. The zero-order valence-electron chi connectivity index (χ0n) is 8.35. The van der Waals surface area contributed by atoms with E-state index in [-0.39, 0.29) is 0 Å². The molecule has 16 heavy (non-hydrogen) atoms. The van der Waals surface area contributed by atoms with Crippen LogP contribution < -0.4 is 10.3 Å². The molecule has 6 heteroatoms. The Labute approximate surface area is 91.9 Å². The summed E-state index contributed by atoms with van der Waals surface area (Å²) in [6.07, 6.45) is 0.242. The van der Waals surface area contributed by atoms with Gasteiger partial charge in [0.05, 0.1) is 0 Å². The number of hydrogen-bond donors (Lipinski definition) is 3. The quantitative estimate of drug-likeness (QED) is 0.532. The van der Waals surface area contributed by atoms with Crippen molar-refractivity contribution in [2.45, 2.75) is 18.4 Å². The molecule has 1 aromatic heterocycles. The average Bonchev–Trinajstić information content (AvgIpc) is 2.60. The van der Waals surface area contributed by atoms with Crippen molar-refractivity contribution in [3.63, 3.8) is 0 Å². The van der Waals surface area contributed by atoms with Gasteiger partial charge < -0.3 is 20.7 Å². The molecule has 1 aliphatic heterocycles. The first-order chi connectivity index (χ1) is 7.59. The SMILES string of the molecule is NC(=O)c1ccc[n+]([C@@H]2O[CH][C@H](O)[C@H]2O)c1. The van der Waals surface area contributed by atoms with Crippen molar-refractivity contribution in [1.29, 1.82) is 0 Å². The highest BCUT2D eigenvalue weighted by atomic mass is 16.5. The lowest BCUT2D eigenvalue weighted by molar-refractivity contribution is -0.763. The summed E-state index contributed by atoms with van der Waals surface area (Å²) < 4.78 is 6.57. The Bertz CT molecular complexity index is 410. The van der Waals surface area contributed by atoms with Crippen molar-refractivity contribution < 1.29 is 24.3 Å². The van der Waals surface area contributed by atoms with Crippen molar-refractivity contribution in [3.8, 4) is 0 Å². The number of nitrogens with two attached hydrogens (primary N) is 1. The van der Waals surface area contributed by atoms with Crippen LogP contribution >= 0.6 is 0 Å². The van der Waals surface area contributed by atoms with Gasteiger partial charge in [0.1, 0.15) is 18.3 Å². The number of aliphatic hydroxyl groups is 2. The normalized spacial score (nSPS) is 29.2. The van der Waals surface area contributed by atoms with E-state index in [1.165, 1.54) is 10.8 Å². The maximum absolute atomic E-state index is 11.0. The third kappa shape index (κ3) is 1.90. The number of hydrogen-bond acceptors (Lipinski definition) is 4. The van der Waals surface area contributed by atoms with Gasteiger partial charge in [-0.15, -0.1) is 0 Å². The molecule has 0 saturated carbocycles. The van der Waals surface area contributed by atoms with Crippen molar-refractivity contribution in [2.75, 3.05) is 0 Å². The van der Waals surface area contributed by atoms with E-state index in [1.807, 2.05) is 0 Å². The van der Waals surface area contributed by atoms with Gasteiger partial charge in [-0.25, -0.2) is 0 Å². The number of aromatic nitrogens is 1. The summed E-state index contributed by atoms with van der Waals surface area (Å²) in [4.78, 5) is 11.0. The lowest BCUT2D eigenvalue weighted by Crippen LogP contribution is -2.46. The van der Waals surface area contributed by atoms with Crippen molar-refractivity contribution in [3.05, 3.63) is 36.7 Å². The predicted molar refractivity (Wildman–Crippen MR) is 51.6 cm³/mol. The van der Waals surface area contributed by atoms with Gasteiger partial charge in [0.2, 0.25) is 0 Å². The zero-order valence-corrected chi connectivity index (χ0v) is 8.35. The van der Waals surface area contributed by atoms with E-state index in [9.17, 15) is 15.0 Å². The fourth-order valence-corrected chi connectivity index (χ4v) is 1.53. The Morgan fingerprint density at radius 2 is 2.25 bits per heavy atom. The minimum Gasteiger partial charge on any atom is -0.387 e. The standard InChI is InChI=1S/C10H11N2O4/c11-9(15)6-2-1-3-12(4-6)10-8(14)7(13)5-16-10/h1-5,7-8,10,13-14H,(H-,11,15)/p+1/t7-,8+,10+/m0/s1. The molecule has 0 aliphatic carbocycles. The molecule has 2 rings (SSSR count). The highest BCUT2D eigenvalue weighted by molar-refractivity contribution is 5.92. The van der Waals surface area contributed by atoms with Crippen LogP contribution in [-0.4, -0.2) is 28.3 Å². The highest BCUT2D eigenvalue weighted by Crippen LogP contribution is 2.21. The van der Waals surface area contributed by atoms with Gasteiger partial charge in [-0.05, 0) is 6.07 Å². The fourth-order valence-electron chi connectivity index (χ4n) is 1.53. The molecule has 0 bridgehead atoms. The number of nitrogens with zero attached hydrogens (tertiary/aromatic N) is 1. The van der Waals surface area contributed by atoms with Gasteiger partial charge in [-0.2, -0.15) is 4.57 Å². The molecule has 1 amide bonds. The van der Waals surface area contributed by atoms with Gasteiger partial charge >= 0.3 is 0 Å². The van der Waals surface area contributed by atoms with Crippen LogP contribution in [0, 0.1) is 6.61 Å². The summed E-state index contributed by atoms with van der Waals surface area (Å²) in [5.74, 6) is -0.564. The van der Waals surface area contributed by atoms with Gasteiger partial charge in [0, 0.05) is 6.07 Å². The average molecular weight is 224 g/mol. The number of aliphatic hydroxyl groups excluding tert-OH is 2. The van der Waals surface area contributed by atoms with Crippen LogP contribution in [0.5, 0.6) is 0 Å². The first kappa shape index (κ1) is 11.0. The number of primary amides is 1. The molecule has 1 aromatic rings. The largest absolute Gasteiger partial charge is 0.387 e. The predicted octanol–water partition coefficient (Wildman–Crippen LogP) is -1.51. The molecule has 85 valence electrons. The number of pyridine rings is 1. The Hall–Kier alpha value is -1.50. The van der Waals surface area contributed by atoms with E-state index in [4.69, 9.17) is 10.5 Å². The Morgan fingerprint density at radius 3 is 2.81 bits per heavy atom. The Kier molecular flexibility index (Phi) is 2.86. The third-order valence-electron chi connectivity index (χ3n) is 2.40. The summed E-state index contributed by atoms with van der Waals surface area (Å²) in [5.41, 5.74) is 5.44. The second-order valence-corrected chi connectivity index (χ2v) is 3.55. The van der Waals surface area contributed by atoms with Crippen LogP contribution in [0.1, 0.15) is 16.6 Å². The first-order valence-electron chi connectivity index (χ1n) is 4.75. The van der Waals surface area contributed by atoms with Crippen LogP contribution in [0.25, 0.3) is 0 Å². The lowest BCUT2D eigenvalue weighted by atomic mass is 10.2. The Morgan fingerprint density at radius 1 is 1.50 bits per heavy atom. The maximum Gasteiger partial charge on any atom is 0.292 e. The topological polar surface area (TPSA) is 96.7 Å². The van der Waals surface area contributed by atoms with E-state index in [1.54, 1.807) is 18.3 Å². The number of ether oxygens (including phenoxy) is 1. The molecule has 0 unspecified atom stereocenters. The summed E-state index contributed by atoms with van der Waals surface area (Å²) in [6, 6.07) is 3.17.